The van der Waals surface area contributed by atoms with Crippen molar-refractivity contribution >= 4 is 0 Å². The van der Waals surface area contributed by atoms with Crippen LogP contribution >= 0.6 is 0 Å². The van der Waals surface area contributed by atoms with Crippen LogP contribution in [0, 0.1) is 17.5 Å². The van der Waals surface area contributed by atoms with E-state index in [1.54, 1.807) is 16.8 Å². The first-order valence-corrected chi connectivity index (χ1v) is 10.7. The highest BCUT2D eigenvalue weighted by Crippen LogP contribution is 2.40. The number of rotatable bonds is 4. The molecule has 2 heterocycles. The van der Waals surface area contributed by atoms with Crippen molar-refractivity contribution in [3.8, 4) is 11.3 Å². The smallest absolute Gasteiger partial charge is 0.129 e. The van der Waals surface area contributed by atoms with Gasteiger partial charge < -0.3 is 5.11 Å². The van der Waals surface area contributed by atoms with Gasteiger partial charge in [-0.25, -0.2) is 13.2 Å². The predicted molar refractivity (Wildman–Crippen MR) is 111 cm³/mol. The molecule has 7 heteroatoms. The predicted octanol–water partition coefficient (Wildman–Crippen LogP) is 4.24. The number of fused-ring (bicyclic) bond motifs is 2. The van der Waals surface area contributed by atoms with Crippen LogP contribution in [0.5, 0.6) is 0 Å². The Balaban J connectivity index is 1.66. The molecule has 2 atom stereocenters. The number of hydrogen-bond acceptors (Lipinski definition) is 3. The minimum Gasteiger partial charge on any atom is -0.390 e. The molecule has 0 saturated heterocycles. The molecule has 0 radical (unpaired) electrons. The summed E-state index contributed by atoms with van der Waals surface area (Å²) < 4.78 is 43.7. The number of aromatic nitrogens is 2. The lowest BCUT2D eigenvalue weighted by Gasteiger charge is -2.28. The van der Waals surface area contributed by atoms with Crippen molar-refractivity contribution in [2.75, 3.05) is 13.1 Å². The molecular weight excluding hydrogens is 403 g/mol. The van der Waals surface area contributed by atoms with Gasteiger partial charge in [0.15, 0.2) is 0 Å². The largest absolute Gasteiger partial charge is 0.390 e. The van der Waals surface area contributed by atoms with E-state index in [9.17, 15) is 18.3 Å². The lowest BCUT2D eigenvalue weighted by atomic mass is 10.00. The van der Waals surface area contributed by atoms with Gasteiger partial charge in [0.1, 0.15) is 23.5 Å². The van der Waals surface area contributed by atoms with Crippen molar-refractivity contribution in [1.29, 1.82) is 0 Å². The zero-order chi connectivity index (χ0) is 21.7. The zero-order valence-corrected chi connectivity index (χ0v) is 17.3. The molecule has 1 aromatic heterocycles. The van der Waals surface area contributed by atoms with Gasteiger partial charge in [-0.15, -0.1) is 0 Å². The van der Waals surface area contributed by atoms with Gasteiger partial charge in [-0.1, -0.05) is 6.92 Å². The fraction of sp³-hybridized carbons (Fsp3) is 0.375. The van der Waals surface area contributed by atoms with Crippen LogP contribution in [-0.2, 0) is 19.4 Å². The Morgan fingerprint density at radius 1 is 1.06 bits per heavy atom. The Morgan fingerprint density at radius 2 is 1.84 bits per heavy atom. The first-order chi connectivity index (χ1) is 15.0. The van der Waals surface area contributed by atoms with E-state index in [4.69, 9.17) is 5.10 Å². The second kappa shape index (κ2) is 7.80. The molecular formula is C24H24F3N3O. The van der Waals surface area contributed by atoms with Crippen LogP contribution in [0.15, 0.2) is 36.4 Å². The maximum Gasteiger partial charge on any atom is 0.129 e. The van der Waals surface area contributed by atoms with Gasteiger partial charge in [-0.05, 0) is 54.4 Å². The van der Waals surface area contributed by atoms with Gasteiger partial charge in [-0.2, -0.15) is 5.10 Å². The Kier molecular flexibility index (Phi) is 5.10. The SMILES string of the molecule is CCCN1CCc2c(c(-c3ccc(F)cc3)nn2[C@@H]2c3cc(F)cc(F)c3C[C@H]2O)C1. The summed E-state index contributed by atoms with van der Waals surface area (Å²) >= 11 is 0. The van der Waals surface area contributed by atoms with Crippen LogP contribution in [0.3, 0.4) is 0 Å². The molecule has 1 aliphatic heterocycles. The standard InChI is InChI=1S/C24H24F3N3O/c1-2-8-29-9-7-21-19(13-29)23(14-3-5-15(25)6-4-14)28-30(21)24-18-10-16(26)11-20(27)17(18)12-22(24)31/h3-6,10-11,22,24,31H,2,7-9,12-13H2,1H3/t22-,24-/m1/s1. The van der Waals surface area contributed by atoms with Crippen molar-refractivity contribution in [2.45, 2.75) is 44.9 Å². The van der Waals surface area contributed by atoms with Crippen LogP contribution in [0.4, 0.5) is 13.2 Å². The average molecular weight is 427 g/mol. The summed E-state index contributed by atoms with van der Waals surface area (Å²) in [5, 5.41) is 15.7. The van der Waals surface area contributed by atoms with Crippen molar-refractivity contribution < 1.29 is 18.3 Å². The summed E-state index contributed by atoms with van der Waals surface area (Å²) in [7, 11) is 0. The Labute approximate surface area is 178 Å². The lowest BCUT2D eigenvalue weighted by Crippen LogP contribution is -2.33. The molecule has 2 aliphatic rings. The molecule has 0 saturated carbocycles. The zero-order valence-electron chi connectivity index (χ0n) is 17.3. The van der Waals surface area contributed by atoms with E-state index in [2.05, 4.69) is 11.8 Å². The molecule has 0 amide bonds. The third kappa shape index (κ3) is 3.46. The van der Waals surface area contributed by atoms with E-state index < -0.39 is 23.8 Å². The van der Waals surface area contributed by atoms with Gasteiger partial charge >= 0.3 is 0 Å². The molecule has 4 nitrogen and oxygen atoms in total. The minimum atomic E-state index is -0.898. The minimum absolute atomic E-state index is 0.120. The molecule has 2 aromatic carbocycles. The first kappa shape index (κ1) is 20.3. The molecule has 0 fully saturated rings. The van der Waals surface area contributed by atoms with Gasteiger partial charge in [0.25, 0.3) is 0 Å². The normalized spacial score (nSPS) is 20.7. The third-order valence-electron chi connectivity index (χ3n) is 6.38. The molecule has 5 rings (SSSR count). The Hall–Kier alpha value is -2.64. The van der Waals surface area contributed by atoms with Crippen molar-refractivity contribution in [2.24, 2.45) is 0 Å². The summed E-state index contributed by atoms with van der Waals surface area (Å²) in [5.41, 5.74) is 4.30. The summed E-state index contributed by atoms with van der Waals surface area (Å²) in [6.45, 7) is 4.64. The van der Waals surface area contributed by atoms with Crippen LogP contribution in [0.2, 0.25) is 0 Å². The number of aliphatic hydroxyl groups is 1. The number of halogens is 3. The molecule has 31 heavy (non-hydrogen) atoms. The third-order valence-corrected chi connectivity index (χ3v) is 6.38. The number of benzene rings is 2. The fourth-order valence-electron chi connectivity index (χ4n) is 5.00. The molecule has 162 valence electrons. The molecule has 1 N–H and O–H groups in total. The van der Waals surface area contributed by atoms with Gasteiger partial charge in [0.05, 0.1) is 11.8 Å². The quantitative estimate of drug-likeness (QED) is 0.677. The maximum atomic E-state index is 14.4. The highest BCUT2D eigenvalue weighted by Gasteiger charge is 2.38. The van der Waals surface area contributed by atoms with Gasteiger partial charge in [0, 0.05) is 48.8 Å². The fourth-order valence-corrected chi connectivity index (χ4v) is 5.00. The first-order valence-electron chi connectivity index (χ1n) is 10.7. The lowest BCUT2D eigenvalue weighted by molar-refractivity contribution is 0.135. The second-order valence-electron chi connectivity index (χ2n) is 8.42. The van der Waals surface area contributed by atoms with E-state index in [1.807, 2.05) is 0 Å². The number of nitrogens with zero attached hydrogens (tertiary/aromatic N) is 3. The topological polar surface area (TPSA) is 41.3 Å². The molecule has 3 aromatic rings. The van der Waals surface area contributed by atoms with Crippen molar-refractivity contribution in [3.05, 3.63) is 76.2 Å². The van der Waals surface area contributed by atoms with Crippen molar-refractivity contribution in [3.63, 3.8) is 0 Å². The van der Waals surface area contributed by atoms with Crippen LogP contribution in [-0.4, -0.2) is 39.0 Å². The Bertz CT molecular complexity index is 1130. The molecule has 0 bridgehead atoms. The van der Waals surface area contributed by atoms with Gasteiger partial charge in [-0.3, -0.25) is 9.58 Å². The van der Waals surface area contributed by atoms with E-state index in [0.717, 1.165) is 54.5 Å². The van der Waals surface area contributed by atoms with Crippen LogP contribution < -0.4 is 0 Å². The van der Waals surface area contributed by atoms with Crippen molar-refractivity contribution in [1.82, 2.24) is 14.7 Å². The molecule has 0 unspecified atom stereocenters. The number of hydrogen-bond donors (Lipinski definition) is 1. The summed E-state index contributed by atoms with van der Waals surface area (Å²) in [5.74, 6) is -1.62. The summed E-state index contributed by atoms with van der Waals surface area (Å²) in [6.07, 6.45) is 0.974. The molecule has 1 aliphatic carbocycles. The summed E-state index contributed by atoms with van der Waals surface area (Å²) in [6, 6.07) is 7.70. The monoisotopic (exact) mass is 427 g/mol. The highest BCUT2D eigenvalue weighted by atomic mass is 19.1. The van der Waals surface area contributed by atoms with Crippen LogP contribution in [0.1, 0.15) is 41.8 Å². The number of aliphatic hydroxyl groups excluding tert-OH is 1. The highest BCUT2D eigenvalue weighted by molar-refractivity contribution is 5.65. The Morgan fingerprint density at radius 3 is 2.58 bits per heavy atom. The molecule has 0 spiro atoms. The van der Waals surface area contributed by atoms with E-state index >= 15 is 0 Å². The summed E-state index contributed by atoms with van der Waals surface area (Å²) in [4.78, 5) is 2.35. The van der Waals surface area contributed by atoms with E-state index in [0.29, 0.717) is 17.7 Å². The average Bonchev–Trinajstić information content (AvgIpc) is 3.26. The van der Waals surface area contributed by atoms with E-state index in [1.165, 1.54) is 18.2 Å². The maximum absolute atomic E-state index is 14.4. The van der Waals surface area contributed by atoms with Crippen LogP contribution in [0.25, 0.3) is 11.3 Å². The van der Waals surface area contributed by atoms with E-state index in [-0.39, 0.29) is 12.2 Å². The second-order valence-corrected chi connectivity index (χ2v) is 8.42. The van der Waals surface area contributed by atoms with Gasteiger partial charge in [0.2, 0.25) is 0 Å².